The lowest BCUT2D eigenvalue weighted by atomic mass is 10.3. The van der Waals surface area contributed by atoms with Crippen LogP contribution in [0.5, 0.6) is 0 Å². The van der Waals surface area contributed by atoms with E-state index >= 15 is 0 Å². The topological polar surface area (TPSA) is 107 Å². The van der Waals surface area contributed by atoms with Crippen molar-refractivity contribution in [3.05, 3.63) is 18.1 Å². The van der Waals surface area contributed by atoms with Gasteiger partial charge in [0.2, 0.25) is 0 Å². The van der Waals surface area contributed by atoms with E-state index < -0.39 is 16.2 Å². The van der Waals surface area contributed by atoms with Crippen LogP contribution >= 0.6 is 0 Å². The molecule has 0 aliphatic carbocycles. The average molecular weight is 329 g/mol. The largest absolute Gasteiger partial charge is 0.481 e. The molecule has 122 valence electrons. The van der Waals surface area contributed by atoms with Crippen molar-refractivity contribution in [3.8, 4) is 0 Å². The fourth-order valence-electron chi connectivity index (χ4n) is 2.16. The summed E-state index contributed by atoms with van der Waals surface area (Å²) in [5.41, 5.74) is 0. The van der Waals surface area contributed by atoms with Crippen molar-refractivity contribution < 1.29 is 18.3 Å². The summed E-state index contributed by atoms with van der Waals surface area (Å²) in [7, 11) is -0.392. The number of piperazine rings is 1. The van der Waals surface area contributed by atoms with E-state index in [1.807, 2.05) is 4.90 Å². The molecule has 0 radical (unpaired) electrons. The number of carbonyl (C=O) groups is 1. The number of aliphatic carboxylic acids is 1. The first-order valence-electron chi connectivity index (χ1n) is 6.77. The van der Waals surface area contributed by atoms with Crippen LogP contribution in [0.25, 0.3) is 0 Å². The van der Waals surface area contributed by atoms with Crippen molar-refractivity contribution in [3.63, 3.8) is 0 Å². The molecule has 0 aromatic carbocycles. The van der Waals surface area contributed by atoms with E-state index in [1.165, 1.54) is 28.9 Å². The smallest absolute Gasteiger partial charge is 0.311 e. The zero-order chi connectivity index (χ0) is 16.3. The molecular weight excluding hydrogens is 310 g/mol. The fraction of sp³-hybridized carbons (Fsp3) is 0.583. The Labute approximate surface area is 129 Å². The predicted octanol–water partition coefficient (Wildman–Crippen LogP) is -0.968. The minimum absolute atomic E-state index is 0.233. The number of anilines is 1. The van der Waals surface area contributed by atoms with Crippen LogP contribution in [-0.2, 0) is 21.4 Å². The van der Waals surface area contributed by atoms with Crippen LogP contribution in [0, 0.1) is 0 Å². The van der Waals surface area contributed by atoms with Crippen molar-refractivity contribution >= 4 is 22.0 Å². The summed E-state index contributed by atoms with van der Waals surface area (Å²) in [5, 5.41) is 8.77. The summed E-state index contributed by atoms with van der Waals surface area (Å²) >= 11 is 0. The normalized spacial score (nSPS) is 17.0. The van der Waals surface area contributed by atoms with Gasteiger partial charge in [0.05, 0.1) is 0 Å². The highest BCUT2D eigenvalue weighted by atomic mass is 32.2. The lowest BCUT2D eigenvalue weighted by Gasteiger charge is -2.35. The fourth-order valence-corrected chi connectivity index (χ4v) is 3.25. The van der Waals surface area contributed by atoms with Crippen LogP contribution in [-0.4, -0.2) is 78.3 Å². The van der Waals surface area contributed by atoms with E-state index in [0.717, 1.165) is 0 Å². The van der Waals surface area contributed by atoms with Crippen LogP contribution in [0.4, 0.5) is 5.82 Å². The quantitative estimate of drug-likeness (QED) is 0.741. The molecule has 0 atom stereocenters. The summed E-state index contributed by atoms with van der Waals surface area (Å²) in [6, 6.07) is 1.70. The molecule has 1 fully saturated rings. The minimum Gasteiger partial charge on any atom is -0.481 e. The van der Waals surface area contributed by atoms with Gasteiger partial charge in [-0.2, -0.15) is 17.0 Å². The van der Waals surface area contributed by atoms with Gasteiger partial charge in [-0.15, -0.1) is 0 Å². The molecule has 0 bridgehead atoms. The van der Waals surface area contributed by atoms with Crippen molar-refractivity contribution in [2.75, 3.05) is 45.2 Å². The maximum absolute atomic E-state index is 12.0. The first-order chi connectivity index (χ1) is 10.3. The van der Waals surface area contributed by atoms with E-state index in [1.54, 1.807) is 6.07 Å². The number of carboxylic acid groups (broad SMARTS) is 1. The Hall–Kier alpha value is -1.78. The second kappa shape index (κ2) is 6.55. The number of carboxylic acids is 1. The Balaban J connectivity index is 2.04. The molecule has 10 heteroatoms. The summed E-state index contributed by atoms with van der Waals surface area (Å²) < 4.78 is 26.7. The zero-order valence-electron chi connectivity index (χ0n) is 12.5. The molecular formula is C12H19N5O4S. The molecule has 1 saturated heterocycles. The van der Waals surface area contributed by atoms with Gasteiger partial charge in [-0.1, -0.05) is 0 Å². The summed E-state index contributed by atoms with van der Waals surface area (Å²) in [6.45, 7) is 1.71. The number of hydrogen-bond donors (Lipinski definition) is 1. The Bertz CT molecular complexity index is 641. The van der Waals surface area contributed by atoms with Gasteiger partial charge in [-0.25, -0.2) is 9.97 Å². The third kappa shape index (κ3) is 3.70. The van der Waals surface area contributed by atoms with Gasteiger partial charge in [0, 0.05) is 46.5 Å². The van der Waals surface area contributed by atoms with E-state index in [-0.39, 0.29) is 12.2 Å². The lowest BCUT2D eigenvalue weighted by Crippen LogP contribution is -2.51. The SMILES string of the molecule is CN(C)S(=O)(=O)N1CCN(c2ccnc(CC(=O)O)n2)CC1. The molecule has 0 unspecified atom stereocenters. The summed E-state index contributed by atoms with van der Waals surface area (Å²) in [6.07, 6.45) is 1.28. The molecule has 0 amide bonds. The highest BCUT2D eigenvalue weighted by Crippen LogP contribution is 2.16. The molecule has 22 heavy (non-hydrogen) atoms. The van der Waals surface area contributed by atoms with Crippen molar-refractivity contribution in [2.45, 2.75) is 6.42 Å². The molecule has 1 N–H and O–H groups in total. The maximum atomic E-state index is 12.0. The highest BCUT2D eigenvalue weighted by molar-refractivity contribution is 7.86. The van der Waals surface area contributed by atoms with E-state index in [4.69, 9.17) is 5.11 Å². The van der Waals surface area contributed by atoms with Crippen LogP contribution in [0.15, 0.2) is 12.3 Å². The molecule has 1 aliphatic rings. The van der Waals surface area contributed by atoms with Crippen molar-refractivity contribution in [1.29, 1.82) is 0 Å². The van der Waals surface area contributed by atoms with Gasteiger partial charge >= 0.3 is 5.97 Å². The van der Waals surface area contributed by atoms with Gasteiger partial charge in [-0.05, 0) is 6.07 Å². The Morgan fingerprint density at radius 2 is 1.95 bits per heavy atom. The number of hydrogen-bond acceptors (Lipinski definition) is 6. The zero-order valence-corrected chi connectivity index (χ0v) is 13.3. The molecule has 1 aromatic heterocycles. The summed E-state index contributed by atoms with van der Waals surface area (Å²) in [5.74, 6) is -0.125. The van der Waals surface area contributed by atoms with E-state index in [2.05, 4.69) is 9.97 Å². The lowest BCUT2D eigenvalue weighted by molar-refractivity contribution is -0.136. The summed E-state index contributed by atoms with van der Waals surface area (Å²) in [4.78, 5) is 20.8. The Morgan fingerprint density at radius 1 is 1.32 bits per heavy atom. The monoisotopic (exact) mass is 329 g/mol. The van der Waals surface area contributed by atoms with Crippen LogP contribution in [0.1, 0.15) is 5.82 Å². The Kier molecular flexibility index (Phi) is 4.94. The van der Waals surface area contributed by atoms with Crippen molar-refractivity contribution in [2.24, 2.45) is 0 Å². The van der Waals surface area contributed by atoms with Gasteiger partial charge in [0.25, 0.3) is 10.2 Å². The first-order valence-corrected chi connectivity index (χ1v) is 8.16. The molecule has 0 saturated carbocycles. The highest BCUT2D eigenvalue weighted by Gasteiger charge is 2.29. The average Bonchev–Trinajstić information content (AvgIpc) is 2.47. The molecule has 2 rings (SSSR count). The van der Waals surface area contributed by atoms with Gasteiger partial charge in [-0.3, -0.25) is 4.79 Å². The second-order valence-electron chi connectivity index (χ2n) is 5.08. The third-order valence-electron chi connectivity index (χ3n) is 3.35. The molecule has 1 aromatic rings. The van der Waals surface area contributed by atoms with Crippen LogP contribution in [0.2, 0.25) is 0 Å². The molecule has 1 aliphatic heterocycles. The van der Waals surface area contributed by atoms with Crippen molar-refractivity contribution in [1.82, 2.24) is 18.6 Å². The minimum atomic E-state index is -3.40. The third-order valence-corrected chi connectivity index (χ3v) is 5.29. The maximum Gasteiger partial charge on any atom is 0.311 e. The predicted molar refractivity (Wildman–Crippen MR) is 79.8 cm³/mol. The second-order valence-corrected chi connectivity index (χ2v) is 7.22. The first kappa shape index (κ1) is 16.6. The van der Waals surface area contributed by atoms with Crippen LogP contribution in [0.3, 0.4) is 0 Å². The van der Waals surface area contributed by atoms with E-state index in [9.17, 15) is 13.2 Å². The number of aromatic nitrogens is 2. The molecule has 9 nitrogen and oxygen atoms in total. The standard InChI is InChI=1S/C12H19N5O4S/c1-15(2)22(20,21)17-7-5-16(6-8-17)11-3-4-13-10(14-11)9-12(18)19/h3-4H,5-9H2,1-2H3,(H,18,19). The van der Waals surface area contributed by atoms with Gasteiger partial charge in [0.1, 0.15) is 18.1 Å². The number of nitrogens with zero attached hydrogens (tertiary/aromatic N) is 5. The molecule has 0 spiro atoms. The van der Waals surface area contributed by atoms with Gasteiger partial charge in [0.15, 0.2) is 0 Å². The Morgan fingerprint density at radius 3 is 2.50 bits per heavy atom. The van der Waals surface area contributed by atoms with Gasteiger partial charge < -0.3 is 10.0 Å². The number of rotatable bonds is 5. The van der Waals surface area contributed by atoms with Crippen LogP contribution < -0.4 is 4.90 Å². The van der Waals surface area contributed by atoms with E-state index in [0.29, 0.717) is 32.0 Å². The molecule has 2 heterocycles.